The van der Waals surface area contributed by atoms with Gasteiger partial charge in [-0.25, -0.2) is 0 Å². The second kappa shape index (κ2) is 7.26. The summed E-state index contributed by atoms with van der Waals surface area (Å²) >= 11 is 0. The molecule has 1 aromatic rings. The van der Waals surface area contributed by atoms with E-state index in [1.807, 2.05) is 0 Å². The van der Waals surface area contributed by atoms with Gasteiger partial charge in [-0.05, 0) is 57.5 Å². The molecule has 0 fully saturated rings. The van der Waals surface area contributed by atoms with E-state index >= 15 is 0 Å². The van der Waals surface area contributed by atoms with Gasteiger partial charge in [0.15, 0.2) is 17.2 Å². The average molecular weight is 456 g/mol. The fraction of sp³-hybridized carbons (Fsp3) is 0.391. The molecule has 4 atom stereocenters. The van der Waals surface area contributed by atoms with Gasteiger partial charge in [-0.2, -0.15) is 0 Å². The van der Waals surface area contributed by atoms with Crippen LogP contribution in [0.3, 0.4) is 0 Å². The first-order chi connectivity index (χ1) is 15.3. The lowest BCUT2D eigenvalue weighted by Crippen LogP contribution is -2.63. The number of phenols is 1. The molecule has 33 heavy (non-hydrogen) atoms. The van der Waals surface area contributed by atoms with Crippen LogP contribution < -0.4 is 5.73 Å². The number of carbonyl (C=O) groups excluding carboxylic acids is 4. The van der Waals surface area contributed by atoms with Gasteiger partial charge in [0, 0.05) is 17.1 Å². The first-order valence-electron chi connectivity index (χ1n) is 10.3. The number of Topliss-reactive ketones (excluding diaryl/α,β-unsaturated/α-hetero) is 3. The maximum atomic E-state index is 13.4. The normalized spacial score (nSPS) is 29.1. The van der Waals surface area contributed by atoms with Crippen molar-refractivity contribution in [2.75, 3.05) is 14.1 Å². The summed E-state index contributed by atoms with van der Waals surface area (Å²) in [6.45, 7) is 1.33. The van der Waals surface area contributed by atoms with Gasteiger partial charge in [0.25, 0.3) is 5.91 Å². The van der Waals surface area contributed by atoms with Gasteiger partial charge >= 0.3 is 0 Å². The van der Waals surface area contributed by atoms with Gasteiger partial charge in [-0.3, -0.25) is 24.1 Å². The fourth-order valence-corrected chi connectivity index (χ4v) is 5.58. The van der Waals surface area contributed by atoms with E-state index < -0.39 is 63.8 Å². The van der Waals surface area contributed by atoms with Gasteiger partial charge in [0.05, 0.1) is 11.6 Å². The lowest BCUT2D eigenvalue weighted by Gasteiger charge is -2.50. The molecule has 1 aromatic carbocycles. The number of aliphatic hydroxyl groups is 3. The molecule has 0 aromatic heterocycles. The van der Waals surface area contributed by atoms with E-state index in [9.17, 15) is 39.6 Å². The minimum Gasteiger partial charge on any atom is -0.510 e. The number of carbonyl (C=O) groups is 4. The Morgan fingerprint density at radius 1 is 1.15 bits per heavy atom. The van der Waals surface area contributed by atoms with Crippen LogP contribution in [0.1, 0.15) is 39.6 Å². The highest BCUT2D eigenvalue weighted by atomic mass is 16.3. The van der Waals surface area contributed by atoms with Crippen molar-refractivity contribution in [2.45, 2.75) is 31.4 Å². The number of likely N-dealkylation sites (N-methyl/N-ethyl adjacent to an activating group) is 1. The number of hydrogen-bond acceptors (Lipinski definition) is 9. The van der Waals surface area contributed by atoms with Gasteiger partial charge in [-0.15, -0.1) is 0 Å². The van der Waals surface area contributed by atoms with E-state index in [1.165, 1.54) is 24.0 Å². The lowest BCUT2D eigenvalue weighted by molar-refractivity contribution is -0.148. The largest absolute Gasteiger partial charge is 0.510 e. The third-order valence-corrected chi connectivity index (χ3v) is 6.99. The van der Waals surface area contributed by atoms with Crippen molar-refractivity contribution in [1.29, 1.82) is 0 Å². The summed E-state index contributed by atoms with van der Waals surface area (Å²) in [4.78, 5) is 52.1. The van der Waals surface area contributed by atoms with Crippen LogP contribution in [0.25, 0.3) is 0 Å². The first kappa shape index (κ1) is 22.7. The molecule has 0 radical (unpaired) electrons. The van der Waals surface area contributed by atoms with Gasteiger partial charge in [0.2, 0.25) is 5.78 Å². The highest BCUT2D eigenvalue weighted by Crippen LogP contribution is 2.52. The molecule has 0 saturated carbocycles. The number of nitrogens with zero attached hydrogens (tertiary/aromatic N) is 1. The number of ketones is 3. The molecule has 0 aliphatic heterocycles. The maximum absolute atomic E-state index is 13.4. The molecule has 4 rings (SSSR count). The molecule has 1 amide bonds. The Bertz CT molecular complexity index is 1210. The Morgan fingerprint density at radius 2 is 1.79 bits per heavy atom. The molecule has 0 bridgehead atoms. The number of phenolic OH excluding ortho intramolecular Hbond substituents is 1. The summed E-state index contributed by atoms with van der Waals surface area (Å²) in [7, 11) is 3.11. The molecule has 10 heteroatoms. The molecule has 0 spiro atoms. The van der Waals surface area contributed by atoms with Crippen molar-refractivity contribution in [3.05, 3.63) is 51.5 Å². The molecule has 0 heterocycles. The quantitative estimate of drug-likeness (QED) is 0.316. The standard InChI is InChI=1S/C23H24N2O8/c1-8(26)10-4-5-13(27)15-11(10)6-9-7-12-17(25(2)3)19(29)16(22(24)32)21(31)23(12,33)20(30)14(9)18(15)28/h4-5,9,12,17,27,29-30,33H,6-7H2,1-3H3,(H2,24,32)/t9-,12-,17-,23+/m0/s1. The van der Waals surface area contributed by atoms with Crippen molar-refractivity contribution in [2.24, 2.45) is 17.6 Å². The van der Waals surface area contributed by atoms with Crippen molar-refractivity contribution in [1.82, 2.24) is 4.90 Å². The Labute approximate surface area is 188 Å². The number of hydrogen-bond donors (Lipinski definition) is 5. The summed E-state index contributed by atoms with van der Waals surface area (Å²) in [5.74, 6) is -7.49. The number of amides is 1. The van der Waals surface area contributed by atoms with Crippen LogP contribution in [0.15, 0.2) is 34.8 Å². The van der Waals surface area contributed by atoms with Crippen LogP contribution in [-0.4, -0.2) is 74.3 Å². The Morgan fingerprint density at radius 3 is 2.33 bits per heavy atom. The van der Waals surface area contributed by atoms with Gasteiger partial charge < -0.3 is 26.2 Å². The summed E-state index contributed by atoms with van der Waals surface area (Å²) in [6, 6.07) is 1.55. The smallest absolute Gasteiger partial charge is 0.255 e. The van der Waals surface area contributed by atoms with E-state index in [1.54, 1.807) is 14.1 Å². The molecule has 3 aliphatic carbocycles. The molecule has 0 unspecified atom stereocenters. The van der Waals surface area contributed by atoms with Crippen LogP contribution in [0.2, 0.25) is 0 Å². The van der Waals surface area contributed by atoms with E-state index in [-0.39, 0.29) is 35.3 Å². The average Bonchev–Trinajstić information content (AvgIpc) is 2.70. The van der Waals surface area contributed by atoms with E-state index in [2.05, 4.69) is 0 Å². The van der Waals surface area contributed by atoms with Crippen molar-refractivity contribution in [3.63, 3.8) is 0 Å². The molecular formula is C23H24N2O8. The van der Waals surface area contributed by atoms with Gasteiger partial charge in [0.1, 0.15) is 22.8 Å². The number of primary amides is 1. The van der Waals surface area contributed by atoms with Crippen molar-refractivity contribution in [3.8, 4) is 5.75 Å². The monoisotopic (exact) mass is 456 g/mol. The van der Waals surface area contributed by atoms with Crippen LogP contribution in [0, 0.1) is 11.8 Å². The first-order valence-corrected chi connectivity index (χ1v) is 10.3. The molecule has 0 saturated heterocycles. The van der Waals surface area contributed by atoms with Crippen molar-refractivity contribution >= 4 is 23.3 Å². The van der Waals surface area contributed by atoms with Crippen LogP contribution in [0.4, 0.5) is 0 Å². The number of rotatable bonds is 3. The molecule has 174 valence electrons. The number of fused-ring (bicyclic) bond motifs is 3. The van der Waals surface area contributed by atoms with Crippen LogP contribution >= 0.6 is 0 Å². The third kappa shape index (κ3) is 2.87. The van der Waals surface area contributed by atoms with E-state index in [0.29, 0.717) is 5.56 Å². The van der Waals surface area contributed by atoms with Gasteiger partial charge in [-0.1, -0.05) is 0 Å². The summed E-state index contributed by atoms with van der Waals surface area (Å²) in [5, 5.41) is 43.7. The van der Waals surface area contributed by atoms with Crippen LogP contribution in [-0.2, 0) is 16.0 Å². The summed E-state index contributed by atoms with van der Waals surface area (Å²) in [6.07, 6.45) is 0.0522. The second-order valence-corrected chi connectivity index (χ2v) is 9.01. The zero-order valence-corrected chi connectivity index (χ0v) is 18.2. The predicted octanol–water partition coefficient (Wildman–Crippen LogP) is 0.323. The zero-order valence-electron chi connectivity index (χ0n) is 18.2. The third-order valence-electron chi connectivity index (χ3n) is 6.99. The highest BCUT2D eigenvalue weighted by molar-refractivity contribution is 6.25. The molecule has 10 nitrogen and oxygen atoms in total. The second-order valence-electron chi connectivity index (χ2n) is 9.01. The summed E-state index contributed by atoms with van der Waals surface area (Å²) < 4.78 is 0. The number of aliphatic hydroxyl groups excluding tert-OH is 2. The zero-order chi connectivity index (χ0) is 24.6. The predicted molar refractivity (Wildman–Crippen MR) is 114 cm³/mol. The van der Waals surface area contributed by atoms with Crippen LogP contribution in [0.5, 0.6) is 5.75 Å². The van der Waals surface area contributed by atoms with E-state index in [4.69, 9.17) is 5.73 Å². The van der Waals surface area contributed by atoms with Crippen molar-refractivity contribution < 1.29 is 39.6 Å². The topological polar surface area (TPSA) is 178 Å². The number of benzene rings is 1. The molecule has 3 aliphatic rings. The Kier molecular flexibility index (Phi) is 4.99. The SMILES string of the molecule is CC(=O)c1ccc(O)c2c1C[C@H]1C[C@H]3[C@H](N(C)C)C(O)=C(C(N)=O)C(=O)[C@]3(O)C(O)=C1C2=O. The Hall–Kier alpha value is -3.50. The minimum atomic E-state index is -2.68. The Balaban J connectivity index is 1.99. The van der Waals surface area contributed by atoms with E-state index in [0.717, 1.165) is 0 Å². The lowest BCUT2D eigenvalue weighted by atomic mass is 9.58. The number of nitrogens with two attached hydrogens (primary N) is 1. The molecule has 6 N–H and O–H groups in total. The molecular weight excluding hydrogens is 432 g/mol. The fourth-order valence-electron chi connectivity index (χ4n) is 5.58. The minimum absolute atomic E-state index is 0.0290. The summed E-state index contributed by atoms with van der Waals surface area (Å²) in [5.41, 5.74) is 1.88. The number of allylic oxidation sites excluding steroid dienone is 1. The highest BCUT2D eigenvalue weighted by Gasteiger charge is 2.63. The maximum Gasteiger partial charge on any atom is 0.255 e. The number of aromatic hydroxyl groups is 1.